The summed E-state index contributed by atoms with van der Waals surface area (Å²) in [7, 11) is 1.55. The summed E-state index contributed by atoms with van der Waals surface area (Å²) in [4.78, 5) is 10.6. The van der Waals surface area contributed by atoms with Crippen LogP contribution in [-0.4, -0.2) is 31.4 Å². The van der Waals surface area contributed by atoms with E-state index in [9.17, 15) is 4.79 Å². The molecular formula is C13H17NO5. The Morgan fingerprint density at radius 2 is 2.21 bits per heavy atom. The van der Waals surface area contributed by atoms with Crippen LogP contribution < -0.4 is 19.9 Å². The molecule has 1 heterocycles. The molecule has 1 aromatic carbocycles. The fourth-order valence-electron chi connectivity index (χ4n) is 1.98. The Bertz CT molecular complexity index is 474. The Morgan fingerprint density at radius 1 is 1.47 bits per heavy atom. The van der Waals surface area contributed by atoms with E-state index in [0.29, 0.717) is 36.9 Å². The van der Waals surface area contributed by atoms with Gasteiger partial charge in [-0.2, -0.15) is 0 Å². The standard InChI is InChI=1S/C13H17NO5/c1-17-8-6-9(10(14)2-3-12(15)16)13-11(7-8)18-4-5-19-13/h6-7,10H,2-5,14H2,1H3,(H,15,16). The molecule has 2 rings (SSSR count). The highest BCUT2D eigenvalue weighted by Crippen LogP contribution is 2.40. The second-order valence-corrected chi connectivity index (χ2v) is 4.28. The number of ether oxygens (including phenoxy) is 3. The van der Waals surface area contributed by atoms with Crippen molar-refractivity contribution in [3.63, 3.8) is 0 Å². The van der Waals surface area contributed by atoms with Crippen molar-refractivity contribution in [3.05, 3.63) is 17.7 Å². The Hall–Kier alpha value is -1.95. The zero-order valence-electron chi connectivity index (χ0n) is 10.7. The third-order valence-corrected chi connectivity index (χ3v) is 2.95. The van der Waals surface area contributed by atoms with Gasteiger partial charge in [0.1, 0.15) is 19.0 Å². The molecule has 1 aliphatic heterocycles. The maximum Gasteiger partial charge on any atom is 0.303 e. The number of aliphatic carboxylic acids is 1. The first-order chi connectivity index (χ1) is 9.11. The molecule has 104 valence electrons. The van der Waals surface area contributed by atoms with E-state index in [1.165, 1.54) is 0 Å². The number of rotatable bonds is 5. The van der Waals surface area contributed by atoms with E-state index in [1.54, 1.807) is 19.2 Å². The number of carboxylic acids is 1. The summed E-state index contributed by atoms with van der Waals surface area (Å²) in [5, 5.41) is 8.71. The van der Waals surface area contributed by atoms with E-state index in [0.717, 1.165) is 5.56 Å². The summed E-state index contributed by atoms with van der Waals surface area (Å²) in [5.74, 6) is 0.922. The molecule has 0 aliphatic carbocycles. The predicted octanol–water partition coefficient (Wildman–Crippen LogP) is 1.33. The fraction of sp³-hybridized carbons (Fsp3) is 0.462. The SMILES string of the molecule is COc1cc2c(c(C(N)CCC(=O)O)c1)OCCO2. The molecule has 1 atom stereocenters. The Kier molecular flexibility index (Phi) is 4.11. The molecule has 0 saturated heterocycles. The average Bonchev–Trinajstić information content (AvgIpc) is 2.43. The summed E-state index contributed by atoms with van der Waals surface area (Å²) in [6.07, 6.45) is 0.340. The van der Waals surface area contributed by atoms with Gasteiger partial charge in [0.15, 0.2) is 11.5 Å². The van der Waals surface area contributed by atoms with Gasteiger partial charge in [0, 0.05) is 24.1 Å². The zero-order valence-corrected chi connectivity index (χ0v) is 10.7. The third-order valence-electron chi connectivity index (χ3n) is 2.95. The minimum absolute atomic E-state index is 0.00794. The van der Waals surface area contributed by atoms with Crippen molar-refractivity contribution in [2.24, 2.45) is 5.73 Å². The van der Waals surface area contributed by atoms with Crippen molar-refractivity contribution in [2.45, 2.75) is 18.9 Å². The van der Waals surface area contributed by atoms with Gasteiger partial charge in [-0.05, 0) is 12.5 Å². The topological polar surface area (TPSA) is 91.0 Å². The average molecular weight is 267 g/mol. The van der Waals surface area contributed by atoms with Crippen LogP contribution in [0.15, 0.2) is 12.1 Å². The highest BCUT2D eigenvalue weighted by molar-refractivity contribution is 5.66. The zero-order chi connectivity index (χ0) is 13.8. The smallest absolute Gasteiger partial charge is 0.303 e. The highest BCUT2D eigenvalue weighted by atomic mass is 16.6. The number of hydrogen-bond acceptors (Lipinski definition) is 5. The lowest BCUT2D eigenvalue weighted by atomic mass is 10.0. The van der Waals surface area contributed by atoms with E-state index in [2.05, 4.69) is 0 Å². The maximum atomic E-state index is 10.6. The lowest BCUT2D eigenvalue weighted by Crippen LogP contribution is -2.20. The summed E-state index contributed by atoms with van der Waals surface area (Å²) in [5.41, 5.74) is 6.75. The van der Waals surface area contributed by atoms with Crippen molar-refractivity contribution in [3.8, 4) is 17.2 Å². The summed E-state index contributed by atoms with van der Waals surface area (Å²) in [6, 6.07) is 3.07. The van der Waals surface area contributed by atoms with Gasteiger partial charge < -0.3 is 25.1 Å². The molecule has 6 heteroatoms. The molecular weight excluding hydrogens is 250 g/mol. The van der Waals surface area contributed by atoms with Crippen LogP contribution in [0.5, 0.6) is 17.2 Å². The van der Waals surface area contributed by atoms with E-state index in [4.69, 9.17) is 25.1 Å². The van der Waals surface area contributed by atoms with Crippen LogP contribution in [-0.2, 0) is 4.79 Å². The van der Waals surface area contributed by atoms with Gasteiger partial charge in [-0.15, -0.1) is 0 Å². The van der Waals surface area contributed by atoms with Crippen LogP contribution in [0.1, 0.15) is 24.4 Å². The normalized spacial score (nSPS) is 14.8. The van der Waals surface area contributed by atoms with E-state index < -0.39 is 12.0 Å². The molecule has 0 bridgehead atoms. The number of benzene rings is 1. The number of hydrogen-bond donors (Lipinski definition) is 2. The van der Waals surface area contributed by atoms with Crippen LogP contribution >= 0.6 is 0 Å². The highest BCUT2D eigenvalue weighted by Gasteiger charge is 2.22. The van der Waals surface area contributed by atoms with Crippen LogP contribution in [0.3, 0.4) is 0 Å². The number of fused-ring (bicyclic) bond motifs is 1. The first-order valence-corrected chi connectivity index (χ1v) is 6.06. The first kappa shape index (κ1) is 13.5. The number of methoxy groups -OCH3 is 1. The minimum Gasteiger partial charge on any atom is -0.497 e. The molecule has 0 saturated carbocycles. The molecule has 1 aromatic rings. The van der Waals surface area contributed by atoms with Gasteiger partial charge in [-0.3, -0.25) is 4.79 Å². The summed E-state index contributed by atoms with van der Waals surface area (Å²) < 4.78 is 16.3. The summed E-state index contributed by atoms with van der Waals surface area (Å²) in [6.45, 7) is 0.932. The molecule has 0 amide bonds. The molecule has 0 fully saturated rings. The molecule has 3 N–H and O–H groups in total. The van der Waals surface area contributed by atoms with Crippen molar-refractivity contribution in [1.29, 1.82) is 0 Å². The lowest BCUT2D eigenvalue weighted by Gasteiger charge is -2.24. The number of nitrogens with two attached hydrogens (primary N) is 1. The molecule has 19 heavy (non-hydrogen) atoms. The minimum atomic E-state index is -0.871. The second kappa shape index (κ2) is 5.79. The van der Waals surface area contributed by atoms with Crippen molar-refractivity contribution in [1.82, 2.24) is 0 Å². The van der Waals surface area contributed by atoms with Gasteiger partial charge >= 0.3 is 5.97 Å². The number of carboxylic acid groups (broad SMARTS) is 1. The van der Waals surface area contributed by atoms with E-state index in [1.807, 2.05) is 0 Å². The van der Waals surface area contributed by atoms with Gasteiger partial charge in [0.25, 0.3) is 0 Å². The molecule has 6 nitrogen and oxygen atoms in total. The van der Waals surface area contributed by atoms with Gasteiger partial charge in [0.2, 0.25) is 0 Å². The summed E-state index contributed by atoms with van der Waals surface area (Å²) >= 11 is 0. The van der Waals surface area contributed by atoms with Gasteiger partial charge in [-0.1, -0.05) is 0 Å². The molecule has 1 unspecified atom stereocenters. The van der Waals surface area contributed by atoms with Crippen LogP contribution in [0.25, 0.3) is 0 Å². The molecule has 0 spiro atoms. The fourth-order valence-corrected chi connectivity index (χ4v) is 1.98. The van der Waals surface area contributed by atoms with Crippen molar-refractivity contribution < 1.29 is 24.1 Å². The number of carbonyl (C=O) groups is 1. The molecule has 1 aliphatic rings. The lowest BCUT2D eigenvalue weighted by molar-refractivity contribution is -0.137. The van der Waals surface area contributed by atoms with Crippen molar-refractivity contribution in [2.75, 3.05) is 20.3 Å². The molecule has 0 aromatic heterocycles. The van der Waals surface area contributed by atoms with Crippen LogP contribution in [0, 0.1) is 0 Å². The first-order valence-electron chi connectivity index (χ1n) is 6.06. The Balaban J connectivity index is 2.29. The van der Waals surface area contributed by atoms with Gasteiger partial charge in [-0.25, -0.2) is 0 Å². The second-order valence-electron chi connectivity index (χ2n) is 4.28. The third kappa shape index (κ3) is 3.08. The molecule has 0 radical (unpaired) electrons. The van der Waals surface area contributed by atoms with Crippen LogP contribution in [0.4, 0.5) is 0 Å². The Morgan fingerprint density at radius 3 is 2.89 bits per heavy atom. The Labute approximate surface area is 111 Å². The van der Waals surface area contributed by atoms with E-state index in [-0.39, 0.29) is 6.42 Å². The van der Waals surface area contributed by atoms with Crippen molar-refractivity contribution >= 4 is 5.97 Å². The monoisotopic (exact) mass is 267 g/mol. The van der Waals surface area contributed by atoms with Crippen LogP contribution in [0.2, 0.25) is 0 Å². The maximum absolute atomic E-state index is 10.6. The van der Waals surface area contributed by atoms with Gasteiger partial charge in [0.05, 0.1) is 7.11 Å². The largest absolute Gasteiger partial charge is 0.497 e. The predicted molar refractivity (Wildman–Crippen MR) is 67.8 cm³/mol. The van der Waals surface area contributed by atoms with E-state index >= 15 is 0 Å². The quantitative estimate of drug-likeness (QED) is 0.836.